The quantitative estimate of drug-likeness (QED) is 0.0712. The molecule has 0 aromatic rings. The third-order valence-corrected chi connectivity index (χ3v) is 16.4. The second kappa shape index (κ2) is 20.0. The normalized spacial score (nSPS) is 20.3. The first kappa shape index (κ1) is 64.2. The highest BCUT2D eigenvalue weighted by atomic mass is 16.3. The van der Waals surface area contributed by atoms with Crippen LogP contribution in [0.1, 0.15) is 166 Å². The van der Waals surface area contributed by atoms with E-state index in [1.807, 2.05) is 55.4 Å². The fourth-order valence-electron chi connectivity index (χ4n) is 6.16. The largest absolute Gasteiger partial charge is 0.385 e. The summed E-state index contributed by atoms with van der Waals surface area (Å²) in [6.07, 6.45) is 0. The molecule has 0 aliphatic heterocycles. The molecule has 0 aromatic carbocycles. The van der Waals surface area contributed by atoms with Crippen LogP contribution < -0.4 is 0 Å². The Morgan fingerprint density at radius 2 is 0.250 bits per heavy atom. The summed E-state index contributed by atoms with van der Waals surface area (Å²) in [4.78, 5) is 0. The van der Waals surface area contributed by atoms with Crippen molar-refractivity contribution >= 4 is 0 Å². The van der Waals surface area contributed by atoms with Crippen LogP contribution in [-0.4, -0.2) is 85.7 Å². The van der Waals surface area contributed by atoms with Crippen molar-refractivity contribution in [3.63, 3.8) is 0 Å². The Bertz CT molecular complexity index is 1260. The van der Waals surface area contributed by atoms with Crippen molar-refractivity contribution in [1.82, 2.24) is 0 Å². The van der Waals surface area contributed by atoms with E-state index in [1.54, 1.807) is 111 Å². The molecule has 0 aromatic heterocycles. The number of aliphatic hydroxyl groups is 8. The van der Waals surface area contributed by atoms with Crippen molar-refractivity contribution in [3.05, 3.63) is 97.2 Å². The van der Waals surface area contributed by atoms with Gasteiger partial charge in [-0.1, -0.05) is 108 Å². The lowest BCUT2D eigenvalue weighted by Crippen LogP contribution is -2.57. The second-order valence-corrected chi connectivity index (χ2v) is 21.3. The van der Waals surface area contributed by atoms with Gasteiger partial charge in [0.15, 0.2) is 0 Å². The molecule has 0 fully saturated rings. The lowest BCUT2D eigenvalue weighted by atomic mass is 9.61. The SMILES string of the molecule is C=C(C)[C@@](C)(O)C(C)(C)[C@](C)(O)C(=C)C.C=C(C)[C@](C)(O)C(C)(C)[C@@](C)(O)C(=C)C.C=C(C)[C@](C)(O)C(C)(C)[C@](C)(O)C(=C)C.C=C(C)[C@](C)(O)C(C)(C)[C@](C)(O)C(=C)C. The summed E-state index contributed by atoms with van der Waals surface area (Å²) in [5.41, 5.74) is -7.09. The van der Waals surface area contributed by atoms with E-state index in [9.17, 15) is 40.9 Å². The van der Waals surface area contributed by atoms with Crippen LogP contribution in [0.2, 0.25) is 0 Å². The molecule has 0 saturated heterocycles. The highest BCUT2D eigenvalue weighted by molar-refractivity contribution is 5.28. The molecular formula is C52H96O8. The molecule has 0 bridgehead atoms. The molecule has 8 heteroatoms. The van der Waals surface area contributed by atoms with Gasteiger partial charge in [-0.25, -0.2) is 0 Å². The third kappa shape index (κ3) is 12.0. The fraction of sp³-hybridized carbons (Fsp3) is 0.692. The van der Waals surface area contributed by atoms with E-state index in [1.165, 1.54) is 0 Å². The molecule has 8 N–H and O–H groups in total. The van der Waals surface area contributed by atoms with Gasteiger partial charge in [-0.2, -0.15) is 0 Å². The smallest absolute Gasteiger partial charge is 0.0904 e. The zero-order chi connectivity index (χ0) is 50.6. The lowest BCUT2D eigenvalue weighted by Gasteiger charge is -2.50. The molecule has 0 aliphatic carbocycles. The van der Waals surface area contributed by atoms with E-state index in [-0.39, 0.29) is 0 Å². The van der Waals surface area contributed by atoms with E-state index in [0.29, 0.717) is 44.6 Å². The highest BCUT2D eigenvalue weighted by Crippen LogP contribution is 2.50. The van der Waals surface area contributed by atoms with Crippen molar-refractivity contribution in [2.75, 3.05) is 0 Å². The molecule has 0 rings (SSSR count). The van der Waals surface area contributed by atoms with Gasteiger partial charge >= 0.3 is 0 Å². The van der Waals surface area contributed by atoms with Crippen LogP contribution in [-0.2, 0) is 0 Å². The van der Waals surface area contributed by atoms with Crippen molar-refractivity contribution in [3.8, 4) is 0 Å². The minimum absolute atomic E-state index is 0.633. The summed E-state index contributed by atoms with van der Waals surface area (Å²) in [7, 11) is 0. The number of hydrogen-bond acceptors (Lipinski definition) is 8. The van der Waals surface area contributed by atoms with Crippen molar-refractivity contribution < 1.29 is 40.9 Å². The van der Waals surface area contributed by atoms with Crippen molar-refractivity contribution in [2.45, 2.75) is 211 Å². The summed E-state index contributed by atoms with van der Waals surface area (Å²) in [5, 5.41) is 83.2. The zero-order valence-corrected chi connectivity index (χ0v) is 43.2. The van der Waals surface area contributed by atoms with Crippen LogP contribution in [0.15, 0.2) is 97.2 Å². The van der Waals surface area contributed by atoms with E-state index in [2.05, 4.69) is 52.6 Å². The van der Waals surface area contributed by atoms with E-state index in [0.717, 1.165) is 0 Å². The predicted octanol–water partition coefficient (Wildman–Crippen LogP) is 10.7. The molecule has 0 aliphatic rings. The van der Waals surface area contributed by atoms with Gasteiger partial charge in [0.05, 0.1) is 44.8 Å². The number of hydrogen-bond donors (Lipinski definition) is 8. The molecule has 8 atom stereocenters. The molecule has 0 radical (unpaired) electrons. The van der Waals surface area contributed by atoms with Gasteiger partial charge < -0.3 is 40.9 Å². The molecule has 0 saturated carbocycles. The van der Waals surface area contributed by atoms with Gasteiger partial charge in [0, 0.05) is 21.7 Å². The first-order valence-electron chi connectivity index (χ1n) is 20.6. The predicted molar refractivity (Wildman–Crippen MR) is 259 cm³/mol. The van der Waals surface area contributed by atoms with Gasteiger partial charge in [0.25, 0.3) is 0 Å². The summed E-state index contributed by atoms with van der Waals surface area (Å²) in [6, 6.07) is 0. The molecule has 0 amide bonds. The average molecular weight is 849 g/mol. The molecule has 352 valence electrons. The first-order chi connectivity index (χ1) is 25.5. The van der Waals surface area contributed by atoms with Crippen LogP contribution in [0, 0.1) is 21.7 Å². The van der Waals surface area contributed by atoms with Crippen molar-refractivity contribution in [1.29, 1.82) is 0 Å². The highest BCUT2D eigenvalue weighted by Gasteiger charge is 2.55. The average Bonchev–Trinajstić information content (AvgIpc) is 3.04. The van der Waals surface area contributed by atoms with Crippen LogP contribution in [0.4, 0.5) is 0 Å². The van der Waals surface area contributed by atoms with Gasteiger partial charge in [0.1, 0.15) is 0 Å². The minimum Gasteiger partial charge on any atom is -0.385 e. The molecular weight excluding hydrogens is 753 g/mol. The zero-order valence-electron chi connectivity index (χ0n) is 43.2. The maximum Gasteiger partial charge on any atom is 0.0904 e. The summed E-state index contributed by atoms with van der Waals surface area (Å²) < 4.78 is 0. The first-order valence-corrected chi connectivity index (χ1v) is 20.6. The van der Waals surface area contributed by atoms with Gasteiger partial charge in [-0.3, -0.25) is 0 Å². The second-order valence-electron chi connectivity index (χ2n) is 21.3. The lowest BCUT2D eigenvalue weighted by molar-refractivity contribution is -0.128. The van der Waals surface area contributed by atoms with Gasteiger partial charge in [-0.15, -0.1) is 0 Å². The monoisotopic (exact) mass is 849 g/mol. The fourth-order valence-corrected chi connectivity index (χ4v) is 6.16. The molecule has 0 heterocycles. The summed E-state index contributed by atoms with van der Waals surface area (Å²) >= 11 is 0. The van der Waals surface area contributed by atoms with Crippen LogP contribution in [0.3, 0.4) is 0 Å². The Labute approximate surface area is 369 Å². The molecule has 8 nitrogen and oxygen atoms in total. The maximum atomic E-state index is 10.4. The van der Waals surface area contributed by atoms with Gasteiger partial charge in [0.2, 0.25) is 0 Å². The number of rotatable bonds is 16. The Morgan fingerprint density at radius 3 is 0.283 bits per heavy atom. The standard InChI is InChI=1S/4C13H24O2/c4*1-9(2)12(7,14)11(5,6)13(8,15)10(3)4/h4*14-15H,1,3H2,2,4-8H3/t2*12-,13+;2*12-,13-/m..10/s1. The minimum atomic E-state index is -1.14. The van der Waals surface area contributed by atoms with Crippen LogP contribution in [0.25, 0.3) is 0 Å². The van der Waals surface area contributed by atoms with E-state index in [4.69, 9.17) is 0 Å². The van der Waals surface area contributed by atoms with Crippen molar-refractivity contribution in [2.24, 2.45) is 21.7 Å². The Balaban J connectivity index is -0.000000348. The Morgan fingerprint density at radius 1 is 0.200 bits per heavy atom. The third-order valence-electron chi connectivity index (χ3n) is 16.4. The maximum absolute atomic E-state index is 10.4. The Kier molecular flexibility index (Phi) is 21.4. The van der Waals surface area contributed by atoms with E-state index >= 15 is 0 Å². The molecule has 0 unspecified atom stereocenters. The van der Waals surface area contributed by atoms with E-state index < -0.39 is 66.5 Å². The summed E-state index contributed by atoms with van der Waals surface area (Å²) in [5.74, 6) is 0. The Hall–Kier alpha value is -2.40. The van der Waals surface area contributed by atoms with Crippen LogP contribution in [0.5, 0.6) is 0 Å². The topological polar surface area (TPSA) is 162 Å². The van der Waals surface area contributed by atoms with Gasteiger partial charge in [-0.05, 0) is 155 Å². The molecule has 0 spiro atoms. The molecule has 60 heavy (non-hydrogen) atoms. The summed E-state index contributed by atoms with van der Waals surface area (Å²) in [6.45, 7) is 72.2. The van der Waals surface area contributed by atoms with Crippen LogP contribution >= 0.6 is 0 Å².